The predicted molar refractivity (Wildman–Crippen MR) is 133 cm³/mol. The topological polar surface area (TPSA) is 0 Å². The maximum Gasteiger partial charge on any atom is 0.120 e. The molecule has 0 aliphatic heterocycles. The molecule has 4 rings (SSSR count). The summed E-state index contributed by atoms with van der Waals surface area (Å²) in [5.74, 6) is 0. The van der Waals surface area contributed by atoms with Crippen molar-refractivity contribution in [3.05, 3.63) is 22.3 Å². The molecular weight excluding hydrogens is 367 g/mol. The van der Waals surface area contributed by atoms with Gasteiger partial charge < -0.3 is 0 Å². The van der Waals surface area contributed by atoms with Gasteiger partial charge in [-0.25, -0.2) is 0 Å². The molecule has 0 bridgehead atoms. The normalized spacial score (nSPS) is 28.4. The van der Waals surface area contributed by atoms with Crippen molar-refractivity contribution >= 4 is 7.26 Å². The van der Waals surface area contributed by atoms with Gasteiger partial charge in [0.15, 0.2) is 0 Å². The molecule has 0 heterocycles. The van der Waals surface area contributed by atoms with E-state index in [1.807, 2.05) is 11.1 Å². The quantitative estimate of drug-likeness (QED) is 0.401. The van der Waals surface area contributed by atoms with Gasteiger partial charge in [-0.1, -0.05) is 19.3 Å². The van der Waals surface area contributed by atoms with E-state index in [0.717, 1.165) is 17.0 Å². The zero-order valence-corrected chi connectivity index (χ0v) is 21.2. The lowest BCUT2D eigenvalue weighted by Crippen LogP contribution is -2.48. The first kappa shape index (κ1) is 22.1. The van der Waals surface area contributed by atoms with Gasteiger partial charge in [-0.2, -0.15) is 0 Å². The minimum Gasteiger partial charge on any atom is -0.0530 e. The molecule has 0 nitrogen and oxygen atoms in total. The van der Waals surface area contributed by atoms with Gasteiger partial charge in [0.2, 0.25) is 0 Å². The largest absolute Gasteiger partial charge is 0.120 e. The fraction of sp³-hybridized carbons (Fsp3) is 0.857. The molecule has 0 saturated heterocycles. The Kier molecular flexibility index (Phi) is 6.72. The summed E-state index contributed by atoms with van der Waals surface area (Å²) in [6.07, 6.45) is 23.0. The molecule has 0 N–H and O–H groups in total. The highest BCUT2D eigenvalue weighted by Gasteiger charge is 2.69. The molecule has 164 valence electrons. The molecule has 0 radical (unpaired) electrons. The van der Waals surface area contributed by atoms with Crippen LogP contribution in [0.4, 0.5) is 0 Å². The van der Waals surface area contributed by atoms with E-state index in [1.165, 1.54) is 57.8 Å². The maximum atomic E-state index is 2.79. The van der Waals surface area contributed by atoms with Crippen molar-refractivity contribution in [2.24, 2.45) is 0 Å². The van der Waals surface area contributed by atoms with E-state index in [4.69, 9.17) is 0 Å². The summed E-state index contributed by atoms with van der Waals surface area (Å²) in [7, 11) is -1.18. The fourth-order valence-electron chi connectivity index (χ4n) is 8.67. The Morgan fingerprint density at radius 2 is 0.793 bits per heavy atom. The second kappa shape index (κ2) is 8.81. The highest BCUT2D eigenvalue weighted by Crippen LogP contribution is 2.87. The molecule has 0 unspecified atom stereocenters. The lowest BCUT2D eigenvalue weighted by atomic mass is 9.96. The SMILES string of the molecule is CC1=C(C)C(C)([P+](C2CCCCC2)(C2CCCCC2)C2CCCCC2)C(C)=C1C. The lowest BCUT2D eigenvalue weighted by Gasteiger charge is -2.57. The van der Waals surface area contributed by atoms with Gasteiger partial charge in [0, 0.05) is 7.26 Å². The third-order valence-corrected chi connectivity index (χ3v) is 17.9. The summed E-state index contributed by atoms with van der Waals surface area (Å²) in [4.78, 5) is 0. The first-order valence-electron chi connectivity index (χ1n) is 13.2. The van der Waals surface area contributed by atoms with E-state index in [2.05, 4.69) is 34.6 Å². The Morgan fingerprint density at radius 3 is 1.07 bits per heavy atom. The van der Waals surface area contributed by atoms with Gasteiger partial charge in [-0.05, 0) is 134 Å². The second-order valence-electron chi connectivity index (χ2n) is 11.3. The molecule has 0 atom stereocenters. The van der Waals surface area contributed by atoms with Crippen LogP contribution in [0.15, 0.2) is 22.3 Å². The minimum atomic E-state index is -1.18. The van der Waals surface area contributed by atoms with E-state index in [9.17, 15) is 0 Å². The average molecular weight is 416 g/mol. The molecule has 0 aromatic heterocycles. The van der Waals surface area contributed by atoms with Crippen molar-refractivity contribution in [1.82, 2.24) is 0 Å². The molecule has 29 heavy (non-hydrogen) atoms. The molecule has 3 saturated carbocycles. The summed E-state index contributed by atoms with van der Waals surface area (Å²) < 4.78 is 0. The fourth-order valence-corrected chi connectivity index (χ4v) is 17.8. The van der Waals surface area contributed by atoms with Crippen LogP contribution in [-0.2, 0) is 0 Å². The standard InChI is InChI=1S/C28H48P/c1-21-22(2)24(4)28(5,23(21)3)29(25-15-9-6-10-16-25,26-17-11-7-12-18-26)27-19-13-8-14-20-27/h25-27H,6-20H2,1-5H3/q+1. The number of hydrogen-bond donors (Lipinski definition) is 0. The molecular formula is C28H48P+. The summed E-state index contributed by atoms with van der Waals surface area (Å²) in [6, 6.07) is 0. The molecule has 4 aliphatic rings. The van der Waals surface area contributed by atoms with E-state index >= 15 is 0 Å². The van der Waals surface area contributed by atoms with Crippen LogP contribution >= 0.6 is 7.26 Å². The van der Waals surface area contributed by atoms with Crippen molar-refractivity contribution in [1.29, 1.82) is 0 Å². The zero-order valence-electron chi connectivity index (χ0n) is 20.3. The first-order valence-corrected chi connectivity index (χ1v) is 15.2. The Labute approximate surface area is 182 Å². The molecule has 0 amide bonds. The van der Waals surface area contributed by atoms with E-state index in [-0.39, 0.29) is 0 Å². The molecule has 0 aromatic rings. The van der Waals surface area contributed by atoms with Gasteiger partial charge in [0.05, 0.1) is 17.0 Å². The van der Waals surface area contributed by atoms with Gasteiger partial charge >= 0.3 is 0 Å². The van der Waals surface area contributed by atoms with E-state index in [1.54, 1.807) is 49.7 Å². The van der Waals surface area contributed by atoms with Crippen LogP contribution in [-0.4, -0.2) is 22.1 Å². The third kappa shape index (κ3) is 3.34. The van der Waals surface area contributed by atoms with Crippen molar-refractivity contribution in [3.63, 3.8) is 0 Å². The third-order valence-electron chi connectivity index (χ3n) is 10.5. The summed E-state index contributed by atoms with van der Waals surface area (Å²) in [5, 5.41) is 0.410. The minimum absolute atomic E-state index is 0.410. The first-order chi connectivity index (χ1) is 14.0. The van der Waals surface area contributed by atoms with Gasteiger partial charge in [-0.3, -0.25) is 0 Å². The number of rotatable bonds is 4. The maximum absolute atomic E-state index is 2.79. The van der Waals surface area contributed by atoms with Gasteiger partial charge in [0.1, 0.15) is 5.16 Å². The van der Waals surface area contributed by atoms with Crippen molar-refractivity contribution in [3.8, 4) is 0 Å². The number of allylic oxidation sites excluding steroid dienone is 4. The van der Waals surface area contributed by atoms with Crippen LogP contribution < -0.4 is 0 Å². The van der Waals surface area contributed by atoms with Gasteiger partial charge in [0.25, 0.3) is 0 Å². The Bertz CT molecular complexity index is 578. The van der Waals surface area contributed by atoms with Crippen LogP contribution in [0, 0.1) is 0 Å². The molecule has 3 fully saturated rings. The van der Waals surface area contributed by atoms with Crippen LogP contribution in [0.2, 0.25) is 0 Å². The van der Waals surface area contributed by atoms with Crippen LogP contribution in [0.25, 0.3) is 0 Å². The van der Waals surface area contributed by atoms with Crippen LogP contribution in [0.3, 0.4) is 0 Å². The Morgan fingerprint density at radius 1 is 0.517 bits per heavy atom. The monoisotopic (exact) mass is 415 g/mol. The molecule has 0 aromatic carbocycles. The van der Waals surface area contributed by atoms with Crippen molar-refractivity contribution in [2.45, 2.75) is 153 Å². The average Bonchev–Trinajstić information content (AvgIpc) is 2.93. The summed E-state index contributed by atoms with van der Waals surface area (Å²) in [5.41, 5.74) is 10.1. The van der Waals surface area contributed by atoms with Gasteiger partial charge in [-0.15, -0.1) is 0 Å². The summed E-state index contributed by atoms with van der Waals surface area (Å²) >= 11 is 0. The number of hydrogen-bond acceptors (Lipinski definition) is 0. The van der Waals surface area contributed by atoms with E-state index in [0.29, 0.717) is 5.16 Å². The zero-order chi connectivity index (χ0) is 20.6. The second-order valence-corrected chi connectivity index (χ2v) is 16.0. The van der Waals surface area contributed by atoms with Crippen molar-refractivity contribution in [2.75, 3.05) is 0 Å². The van der Waals surface area contributed by atoms with Crippen molar-refractivity contribution < 1.29 is 0 Å². The highest BCUT2D eigenvalue weighted by molar-refractivity contribution is 7.79. The molecule has 4 aliphatic carbocycles. The van der Waals surface area contributed by atoms with Crippen LogP contribution in [0.1, 0.15) is 131 Å². The smallest absolute Gasteiger partial charge is 0.0530 e. The molecule has 0 spiro atoms. The Hall–Kier alpha value is -0.0900. The lowest BCUT2D eigenvalue weighted by molar-refractivity contribution is 0.441. The highest BCUT2D eigenvalue weighted by atomic mass is 31.2. The summed E-state index contributed by atoms with van der Waals surface area (Å²) in [6.45, 7) is 12.8. The van der Waals surface area contributed by atoms with Crippen LogP contribution in [0.5, 0.6) is 0 Å². The van der Waals surface area contributed by atoms with E-state index < -0.39 is 7.26 Å². The Balaban J connectivity index is 1.93. The molecule has 1 heteroatoms. The predicted octanol–water partition coefficient (Wildman–Crippen LogP) is 9.45.